The van der Waals surface area contributed by atoms with Crippen LogP contribution in [0.5, 0.6) is 0 Å². The molecule has 0 aliphatic heterocycles. The number of nitrogens with zero attached hydrogens (tertiary/aromatic N) is 4. The molecule has 1 amide bonds. The molecule has 0 aliphatic rings. The molecule has 0 aliphatic carbocycles. The van der Waals surface area contributed by atoms with Gasteiger partial charge in [0.25, 0.3) is 11.5 Å². The predicted octanol–water partition coefficient (Wildman–Crippen LogP) is 2.81. The number of halogens is 1. The summed E-state index contributed by atoms with van der Waals surface area (Å²) in [4.78, 5) is 46.0. The second-order valence-electron chi connectivity index (χ2n) is 6.16. The Balaban J connectivity index is 1.89. The predicted molar refractivity (Wildman–Crippen MR) is 111 cm³/mol. The lowest BCUT2D eigenvalue weighted by atomic mass is 10.2. The summed E-state index contributed by atoms with van der Waals surface area (Å²) in [7, 11) is 0. The SMILES string of the molecule is CCOC(=O)c1nn(-c2ccc(F)cc2)c(=O)c2c(NC(=O)c3cnccn3)scc12. The van der Waals surface area contributed by atoms with E-state index in [4.69, 9.17) is 4.74 Å². The average molecular weight is 439 g/mol. The third kappa shape index (κ3) is 3.90. The fraction of sp³-hybridized carbons (Fsp3) is 0.100. The van der Waals surface area contributed by atoms with E-state index in [1.54, 1.807) is 6.92 Å². The van der Waals surface area contributed by atoms with Crippen molar-refractivity contribution in [3.8, 4) is 5.69 Å². The van der Waals surface area contributed by atoms with Gasteiger partial charge < -0.3 is 10.1 Å². The summed E-state index contributed by atoms with van der Waals surface area (Å²) in [5.41, 5.74) is -0.388. The van der Waals surface area contributed by atoms with Crippen LogP contribution in [0, 0.1) is 5.82 Å². The minimum atomic E-state index is -0.729. The lowest BCUT2D eigenvalue weighted by Gasteiger charge is -2.10. The largest absolute Gasteiger partial charge is 0.461 e. The van der Waals surface area contributed by atoms with Crippen LogP contribution >= 0.6 is 11.3 Å². The van der Waals surface area contributed by atoms with Crippen LogP contribution in [0.1, 0.15) is 27.9 Å². The molecule has 0 fully saturated rings. The fourth-order valence-electron chi connectivity index (χ4n) is 2.83. The molecule has 0 atom stereocenters. The van der Waals surface area contributed by atoms with Crippen LogP contribution in [0.3, 0.4) is 0 Å². The van der Waals surface area contributed by atoms with Crippen LogP contribution < -0.4 is 10.9 Å². The summed E-state index contributed by atoms with van der Waals surface area (Å²) in [6.45, 7) is 1.75. The van der Waals surface area contributed by atoms with Crippen molar-refractivity contribution in [1.82, 2.24) is 19.7 Å². The minimum absolute atomic E-state index is 0.0579. The molecular weight excluding hydrogens is 425 g/mol. The van der Waals surface area contributed by atoms with Crippen molar-refractivity contribution in [2.45, 2.75) is 6.92 Å². The summed E-state index contributed by atoms with van der Waals surface area (Å²) in [5, 5.41) is 8.84. The molecule has 0 unspecified atom stereocenters. The lowest BCUT2D eigenvalue weighted by molar-refractivity contribution is 0.0520. The number of esters is 1. The Morgan fingerprint density at radius 1 is 1.23 bits per heavy atom. The van der Waals surface area contributed by atoms with Crippen molar-refractivity contribution in [3.63, 3.8) is 0 Å². The summed E-state index contributed by atoms with van der Waals surface area (Å²) in [5.74, 6) is -1.79. The molecule has 1 aromatic carbocycles. The highest BCUT2D eigenvalue weighted by molar-refractivity contribution is 7.16. The zero-order valence-electron chi connectivity index (χ0n) is 16.0. The maximum absolute atomic E-state index is 13.3. The number of hydrogen-bond donors (Lipinski definition) is 1. The molecule has 1 N–H and O–H groups in total. The van der Waals surface area contributed by atoms with Crippen molar-refractivity contribution >= 4 is 39.0 Å². The first-order chi connectivity index (χ1) is 15.0. The molecular formula is C20H14FN5O4S. The number of fused-ring (bicyclic) bond motifs is 1. The highest BCUT2D eigenvalue weighted by Crippen LogP contribution is 2.31. The summed E-state index contributed by atoms with van der Waals surface area (Å²) in [6.07, 6.45) is 4.08. The number of amides is 1. The van der Waals surface area contributed by atoms with Gasteiger partial charge in [0.1, 0.15) is 16.5 Å². The summed E-state index contributed by atoms with van der Waals surface area (Å²) in [6, 6.07) is 5.05. The number of rotatable bonds is 5. The highest BCUT2D eigenvalue weighted by atomic mass is 32.1. The van der Waals surface area contributed by atoms with Gasteiger partial charge in [-0.3, -0.25) is 14.6 Å². The van der Waals surface area contributed by atoms with E-state index in [0.717, 1.165) is 16.0 Å². The number of benzene rings is 1. The van der Waals surface area contributed by atoms with Gasteiger partial charge in [0, 0.05) is 23.2 Å². The molecule has 0 spiro atoms. The van der Waals surface area contributed by atoms with Crippen LogP contribution in [0.2, 0.25) is 0 Å². The van der Waals surface area contributed by atoms with E-state index >= 15 is 0 Å². The molecule has 3 aromatic heterocycles. The molecule has 0 radical (unpaired) electrons. The van der Waals surface area contributed by atoms with Crippen molar-refractivity contribution < 1.29 is 18.7 Å². The van der Waals surface area contributed by atoms with Crippen LogP contribution in [0.4, 0.5) is 9.39 Å². The van der Waals surface area contributed by atoms with E-state index in [1.807, 2.05) is 0 Å². The smallest absolute Gasteiger partial charge is 0.359 e. The van der Waals surface area contributed by atoms with Gasteiger partial charge in [-0.1, -0.05) is 0 Å². The Kier molecular flexibility index (Phi) is 5.50. The van der Waals surface area contributed by atoms with E-state index in [1.165, 1.54) is 48.2 Å². The van der Waals surface area contributed by atoms with E-state index in [0.29, 0.717) is 0 Å². The minimum Gasteiger partial charge on any atom is -0.461 e. The zero-order valence-corrected chi connectivity index (χ0v) is 16.9. The number of ether oxygens (including phenoxy) is 1. The van der Waals surface area contributed by atoms with Crippen LogP contribution in [0.25, 0.3) is 16.5 Å². The van der Waals surface area contributed by atoms with Gasteiger partial charge in [-0.2, -0.15) is 9.78 Å². The van der Waals surface area contributed by atoms with Crippen molar-refractivity contribution in [1.29, 1.82) is 0 Å². The second-order valence-corrected chi connectivity index (χ2v) is 7.04. The molecule has 156 valence electrons. The third-order valence-electron chi connectivity index (χ3n) is 4.22. The number of carbonyl (C=O) groups excluding carboxylic acids is 2. The van der Waals surface area contributed by atoms with Crippen molar-refractivity contribution in [3.05, 3.63) is 75.8 Å². The number of aromatic nitrogens is 4. The first-order valence-electron chi connectivity index (χ1n) is 9.04. The van der Waals surface area contributed by atoms with Crippen LogP contribution in [-0.2, 0) is 4.74 Å². The van der Waals surface area contributed by atoms with Crippen molar-refractivity contribution in [2.24, 2.45) is 0 Å². The number of thiophene rings is 1. The number of carbonyl (C=O) groups is 2. The number of nitrogens with one attached hydrogen (secondary N) is 1. The van der Waals surface area contributed by atoms with E-state index in [-0.39, 0.29) is 39.5 Å². The molecule has 11 heteroatoms. The molecule has 9 nitrogen and oxygen atoms in total. The number of hydrogen-bond acceptors (Lipinski definition) is 8. The summed E-state index contributed by atoms with van der Waals surface area (Å²) >= 11 is 1.05. The Labute approximate surface area is 178 Å². The standard InChI is InChI=1S/C20H14FN5O4S/c1-2-30-20(29)16-13-10-31-18(24-17(27)14-9-22-7-8-23-14)15(13)19(28)26(25-16)12-5-3-11(21)4-6-12/h3-10H,2H2,1H3,(H,24,27). The topological polar surface area (TPSA) is 116 Å². The molecule has 4 rings (SSSR count). The van der Waals surface area contributed by atoms with E-state index in [9.17, 15) is 18.8 Å². The quantitative estimate of drug-likeness (QED) is 0.475. The summed E-state index contributed by atoms with van der Waals surface area (Å²) < 4.78 is 19.4. The second kappa shape index (κ2) is 8.40. The maximum atomic E-state index is 13.3. The highest BCUT2D eigenvalue weighted by Gasteiger charge is 2.23. The Morgan fingerprint density at radius 3 is 2.68 bits per heavy atom. The van der Waals surface area contributed by atoms with Crippen molar-refractivity contribution in [2.75, 3.05) is 11.9 Å². The monoisotopic (exact) mass is 439 g/mol. The Bertz CT molecular complexity index is 1340. The maximum Gasteiger partial charge on any atom is 0.359 e. The van der Waals surface area contributed by atoms with Gasteiger partial charge in [0.2, 0.25) is 0 Å². The number of anilines is 1. The van der Waals surface area contributed by atoms with E-state index in [2.05, 4.69) is 20.4 Å². The zero-order chi connectivity index (χ0) is 22.0. The van der Waals surface area contributed by atoms with Crippen LogP contribution in [-0.4, -0.2) is 38.2 Å². The third-order valence-corrected chi connectivity index (χ3v) is 5.11. The molecule has 0 bridgehead atoms. The normalized spacial score (nSPS) is 10.8. The molecule has 3 heterocycles. The van der Waals surface area contributed by atoms with Crippen LogP contribution in [0.15, 0.2) is 53.0 Å². The van der Waals surface area contributed by atoms with Gasteiger partial charge in [-0.15, -0.1) is 11.3 Å². The molecule has 0 saturated carbocycles. The van der Waals surface area contributed by atoms with Gasteiger partial charge in [0.05, 0.1) is 23.9 Å². The van der Waals surface area contributed by atoms with Gasteiger partial charge >= 0.3 is 5.97 Å². The van der Waals surface area contributed by atoms with Gasteiger partial charge in [0.15, 0.2) is 5.69 Å². The molecule has 0 saturated heterocycles. The first kappa shape index (κ1) is 20.3. The average Bonchev–Trinajstić information content (AvgIpc) is 3.19. The first-order valence-corrected chi connectivity index (χ1v) is 9.92. The van der Waals surface area contributed by atoms with Gasteiger partial charge in [-0.05, 0) is 31.2 Å². The lowest BCUT2D eigenvalue weighted by Crippen LogP contribution is -2.25. The molecule has 31 heavy (non-hydrogen) atoms. The van der Waals surface area contributed by atoms with E-state index < -0.39 is 23.3 Å². The van der Waals surface area contributed by atoms with Gasteiger partial charge in [-0.25, -0.2) is 14.2 Å². The Hall–Kier alpha value is -3.99. The fourth-order valence-corrected chi connectivity index (χ4v) is 3.76. The Morgan fingerprint density at radius 2 is 2.00 bits per heavy atom. The molecule has 4 aromatic rings.